The van der Waals surface area contributed by atoms with Crippen molar-refractivity contribution in [2.24, 2.45) is 5.92 Å². The SMILES string of the molecule is CC(C)c1nccn1CC1CCN(C(=O)c2cccc([N+](=O)[O-])c2)CC1. The van der Waals surface area contributed by atoms with Crippen molar-refractivity contribution >= 4 is 11.6 Å². The van der Waals surface area contributed by atoms with Crippen LogP contribution in [0.2, 0.25) is 0 Å². The molecule has 1 aromatic heterocycles. The Kier molecular flexibility index (Phi) is 5.35. The van der Waals surface area contributed by atoms with Gasteiger partial charge in [-0.05, 0) is 24.8 Å². The number of hydrogen-bond acceptors (Lipinski definition) is 4. The minimum atomic E-state index is -0.472. The van der Waals surface area contributed by atoms with Gasteiger partial charge in [0.25, 0.3) is 11.6 Å². The first-order valence-electron chi connectivity index (χ1n) is 9.00. The summed E-state index contributed by atoms with van der Waals surface area (Å²) in [7, 11) is 0. The van der Waals surface area contributed by atoms with Crippen LogP contribution in [0.15, 0.2) is 36.7 Å². The van der Waals surface area contributed by atoms with Crippen LogP contribution in [0.4, 0.5) is 5.69 Å². The van der Waals surface area contributed by atoms with Crippen LogP contribution in [0.3, 0.4) is 0 Å². The van der Waals surface area contributed by atoms with Gasteiger partial charge in [-0.1, -0.05) is 19.9 Å². The number of amides is 1. The number of rotatable bonds is 5. The van der Waals surface area contributed by atoms with E-state index in [9.17, 15) is 14.9 Å². The average molecular weight is 356 g/mol. The summed E-state index contributed by atoms with van der Waals surface area (Å²) in [5.74, 6) is 1.87. The number of imidazole rings is 1. The summed E-state index contributed by atoms with van der Waals surface area (Å²) >= 11 is 0. The zero-order valence-corrected chi connectivity index (χ0v) is 15.2. The van der Waals surface area contributed by atoms with Crippen LogP contribution in [0.25, 0.3) is 0 Å². The molecular weight excluding hydrogens is 332 g/mol. The van der Waals surface area contributed by atoms with Gasteiger partial charge in [0.15, 0.2) is 0 Å². The minimum absolute atomic E-state index is 0.0490. The van der Waals surface area contributed by atoms with Gasteiger partial charge in [0, 0.05) is 55.6 Å². The molecule has 7 heteroatoms. The monoisotopic (exact) mass is 356 g/mol. The second kappa shape index (κ2) is 7.68. The first-order chi connectivity index (χ1) is 12.5. The molecule has 0 saturated carbocycles. The highest BCUT2D eigenvalue weighted by molar-refractivity contribution is 5.94. The molecule has 0 bridgehead atoms. The number of carbonyl (C=O) groups excluding carboxylic acids is 1. The molecule has 138 valence electrons. The summed E-state index contributed by atoms with van der Waals surface area (Å²) in [4.78, 5) is 29.3. The molecule has 2 heterocycles. The number of likely N-dealkylation sites (tertiary alicyclic amines) is 1. The summed E-state index contributed by atoms with van der Waals surface area (Å²) in [5, 5.41) is 10.9. The number of nitro groups is 1. The van der Waals surface area contributed by atoms with Crippen LogP contribution in [-0.2, 0) is 6.54 Å². The Hall–Kier alpha value is -2.70. The Morgan fingerprint density at radius 3 is 2.73 bits per heavy atom. The highest BCUT2D eigenvalue weighted by atomic mass is 16.6. The van der Waals surface area contributed by atoms with Gasteiger partial charge in [-0.3, -0.25) is 14.9 Å². The number of carbonyl (C=O) groups is 1. The average Bonchev–Trinajstić information content (AvgIpc) is 3.10. The highest BCUT2D eigenvalue weighted by Gasteiger charge is 2.25. The maximum atomic E-state index is 12.6. The fourth-order valence-corrected chi connectivity index (χ4v) is 3.51. The van der Waals surface area contributed by atoms with Crippen molar-refractivity contribution in [3.05, 3.63) is 58.2 Å². The summed E-state index contributed by atoms with van der Waals surface area (Å²) in [6, 6.07) is 5.96. The summed E-state index contributed by atoms with van der Waals surface area (Å²) in [5.41, 5.74) is 0.335. The third-order valence-corrected chi connectivity index (χ3v) is 4.92. The van der Waals surface area contributed by atoms with Gasteiger partial charge in [0.05, 0.1) is 4.92 Å². The first-order valence-corrected chi connectivity index (χ1v) is 9.00. The third kappa shape index (κ3) is 3.92. The largest absolute Gasteiger partial charge is 0.339 e. The lowest BCUT2D eigenvalue weighted by Gasteiger charge is -2.32. The predicted octanol–water partition coefficient (Wildman–Crippen LogP) is 3.47. The van der Waals surface area contributed by atoms with Crippen LogP contribution in [0.1, 0.15) is 48.8 Å². The molecule has 0 spiro atoms. The summed E-state index contributed by atoms with van der Waals surface area (Å²) < 4.78 is 2.22. The molecular formula is C19H24N4O3. The molecule has 1 amide bonds. The molecule has 26 heavy (non-hydrogen) atoms. The lowest BCUT2D eigenvalue weighted by atomic mass is 9.96. The van der Waals surface area contributed by atoms with Crippen LogP contribution in [0.5, 0.6) is 0 Å². The Morgan fingerprint density at radius 1 is 1.35 bits per heavy atom. The molecule has 0 N–H and O–H groups in total. The molecule has 1 aromatic carbocycles. The van der Waals surface area contributed by atoms with E-state index in [1.54, 1.807) is 17.0 Å². The van der Waals surface area contributed by atoms with Gasteiger partial charge < -0.3 is 9.47 Å². The van der Waals surface area contributed by atoms with Gasteiger partial charge in [-0.2, -0.15) is 0 Å². The van der Waals surface area contributed by atoms with Gasteiger partial charge >= 0.3 is 0 Å². The molecule has 0 unspecified atom stereocenters. The third-order valence-electron chi connectivity index (χ3n) is 4.92. The number of nitro benzene ring substituents is 1. The van der Waals surface area contributed by atoms with Crippen molar-refractivity contribution in [1.82, 2.24) is 14.5 Å². The molecule has 0 radical (unpaired) electrons. The van der Waals surface area contributed by atoms with Crippen molar-refractivity contribution in [3.63, 3.8) is 0 Å². The molecule has 0 aliphatic carbocycles. The van der Waals surface area contributed by atoms with Gasteiger partial charge in [-0.25, -0.2) is 4.98 Å². The van der Waals surface area contributed by atoms with Crippen molar-refractivity contribution in [2.45, 2.75) is 39.2 Å². The lowest BCUT2D eigenvalue weighted by Crippen LogP contribution is -2.39. The number of nitrogens with zero attached hydrogens (tertiary/aromatic N) is 4. The number of non-ortho nitro benzene ring substituents is 1. The molecule has 1 fully saturated rings. The standard InChI is InChI=1S/C19H24N4O3/c1-14(2)18-20-8-11-22(18)13-15-6-9-21(10-7-15)19(24)16-4-3-5-17(12-16)23(25)26/h3-5,8,11-12,14-15H,6-7,9-10,13H2,1-2H3. The van der Waals surface area contributed by atoms with E-state index in [4.69, 9.17) is 0 Å². The zero-order chi connectivity index (χ0) is 18.7. The summed E-state index contributed by atoms with van der Waals surface area (Å²) in [6.07, 6.45) is 5.72. The van der Waals surface area contributed by atoms with Crippen LogP contribution in [-0.4, -0.2) is 38.4 Å². The molecule has 3 rings (SSSR count). The van der Waals surface area contributed by atoms with Crippen molar-refractivity contribution in [1.29, 1.82) is 0 Å². The Labute approximate surface area is 152 Å². The Morgan fingerprint density at radius 2 is 2.08 bits per heavy atom. The fourth-order valence-electron chi connectivity index (χ4n) is 3.51. The zero-order valence-electron chi connectivity index (χ0n) is 15.2. The van der Waals surface area contributed by atoms with E-state index in [1.807, 2.05) is 12.4 Å². The number of aromatic nitrogens is 2. The van der Waals surface area contributed by atoms with Gasteiger partial charge in [0.1, 0.15) is 5.82 Å². The van der Waals surface area contributed by atoms with E-state index in [0.717, 1.165) is 25.2 Å². The Bertz CT molecular complexity index is 792. The van der Waals surface area contributed by atoms with E-state index in [2.05, 4.69) is 23.4 Å². The molecule has 7 nitrogen and oxygen atoms in total. The van der Waals surface area contributed by atoms with Crippen molar-refractivity contribution in [2.75, 3.05) is 13.1 Å². The van der Waals surface area contributed by atoms with E-state index in [0.29, 0.717) is 30.5 Å². The summed E-state index contributed by atoms with van der Waals surface area (Å²) in [6.45, 7) is 6.56. The van der Waals surface area contributed by atoms with Gasteiger partial charge in [-0.15, -0.1) is 0 Å². The van der Waals surface area contributed by atoms with Crippen LogP contribution >= 0.6 is 0 Å². The van der Waals surface area contributed by atoms with Crippen molar-refractivity contribution < 1.29 is 9.72 Å². The van der Waals surface area contributed by atoms with Crippen LogP contribution in [0, 0.1) is 16.0 Å². The maximum absolute atomic E-state index is 12.6. The smallest absolute Gasteiger partial charge is 0.270 e. The minimum Gasteiger partial charge on any atom is -0.339 e. The van der Waals surface area contributed by atoms with E-state index < -0.39 is 4.92 Å². The lowest BCUT2D eigenvalue weighted by molar-refractivity contribution is -0.384. The Balaban J connectivity index is 1.59. The molecule has 1 saturated heterocycles. The first kappa shape index (κ1) is 18.1. The molecule has 2 aromatic rings. The number of hydrogen-bond donors (Lipinski definition) is 0. The van der Waals surface area contributed by atoms with E-state index >= 15 is 0 Å². The second-order valence-electron chi connectivity index (χ2n) is 7.14. The highest BCUT2D eigenvalue weighted by Crippen LogP contribution is 2.23. The maximum Gasteiger partial charge on any atom is 0.270 e. The van der Waals surface area contributed by atoms with Gasteiger partial charge in [0.2, 0.25) is 0 Å². The second-order valence-corrected chi connectivity index (χ2v) is 7.14. The molecule has 0 atom stereocenters. The predicted molar refractivity (Wildman–Crippen MR) is 98.0 cm³/mol. The quantitative estimate of drug-likeness (QED) is 0.607. The number of benzene rings is 1. The normalized spacial score (nSPS) is 15.4. The topological polar surface area (TPSA) is 81.3 Å². The fraction of sp³-hybridized carbons (Fsp3) is 0.474. The van der Waals surface area contributed by atoms with E-state index in [1.165, 1.54) is 12.1 Å². The molecule has 1 aliphatic rings. The van der Waals surface area contributed by atoms with Crippen molar-refractivity contribution in [3.8, 4) is 0 Å². The van der Waals surface area contributed by atoms with E-state index in [-0.39, 0.29) is 11.6 Å². The van der Waals surface area contributed by atoms with Crippen LogP contribution < -0.4 is 0 Å². The molecule has 1 aliphatic heterocycles. The number of piperidine rings is 1.